The van der Waals surface area contributed by atoms with Crippen molar-refractivity contribution in [2.75, 3.05) is 33.3 Å². The Balaban J connectivity index is 2.22. The van der Waals surface area contributed by atoms with Crippen molar-refractivity contribution in [1.29, 1.82) is 0 Å². The summed E-state index contributed by atoms with van der Waals surface area (Å²) in [7, 11) is 1.75. The number of hydrogen-bond donors (Lipinski definition) is 1. The lowest BCUT2D eigenvalue weighted by Crippen LogP contribution is -2.52. The van der Waals surface area contributed by atoms with Gasteiger partial charge < -0.3 is 10.1 Å². The largest absolute Gasteiger partial charge is 0.496 e. The number of methoxy groups -OCH3 is 1. The second-order valence-electron chi connectivity index (χ2n) is 5.82. The molecule has 0 bridgehead atoms. The fraction of sp³-hybridized carbons (Fsp3) is 0.625. The normalized spacial score (nSPS) is 16.5. The maximum absolute atomic E-state index is 5.53. The molecule has 1 aromatic rings. The second-order valence-corrected chi connectivity index (χ2v) is 5.82. The summed E-state index contributed by atoms with van der Waals surface area (Å²) >= 11 is 0. The van der Waals surface area contributed by atoms with Crippen molar-refractivity contribution in [2.24, 2.45) is 5.92 Å². The van der Waals surface area contributed by atoms with E-state index in [-0.39, 0.29) is 5.54 Å². The van der Waals surface area contributed by atoms with E-state index in [1.54, 1.807) is 7.11 Å². The van der Waals surface area contributed by atoms with Gasteiger partial charge in [-0.1, -0.05) is 25.1 Å². The average molecular weight is 262 g/mol. The van der Waals surface area contributed by atoms with Crippen LogP contribution in [-0.4, -0.2) is 38.2 Å². The maximum Gasteiger partial charge on any atom is 0.123 e. The number of benzene rings is 1. The highest BCUT2D eigenvalue weighted by atomic mass is 16.5. The van der Waals surface area contributed by atoms with Crippen LogP contribution in [0, 0.1) is 5.92 Å². The van der Waals surface area contributed by atoms with Crippen LogP contribution in [0.2, 0.25) is 0 Å². The molecule has 1 aliphatic heterocycles. The summed E-state index contributed by atoms with van der Waals surface area (Å²) in [5.41, 5.74) is 1.27. The third-order valence-corrected chi connectivity index (χ3v) is 4.28. The molecule has 1 N–H and O–H groups in total. The standard InChI is InChI=1S/C16H26N2O/c1-5-18(12-13-10-17-11-13)16(2,3)14-8-6-7-9-15(14)19-4/h6-9,13,17H,5,10-12H2,1-4H3. The smallest absolute Gasteiger partial charge is 0.123 e. The van der Waals surface area contributed by atoms with E-state index in [0.717, 1.165) is 37.8 Å². The number of rotatable bonds is 6. The van der Waals surface area contributed by atoms with Crippen molar-refractivity contribution < 1.29 is 4.74 Å². The van der Waals surface area contributed by atoms with Crippen LogP contribution in [0.3, 0.4) is 0 Å². The molecule has 3 heteroatoms. The molecule has 1 saturated heterocycles. The van der Waals surface area contributed by atoms with E-state index in [2.05, 4.69) is 49.2 Å². The lowest BCUT2D eigenvalue weighted by molar-refractivity contribution is 0.0871. The van der Waals surface area contributed by atoms with Crippen molar-refractivity contribution in [2.45, 2.75) is 26.3 Å². The van der Waals surface area contributed by atoms with Gasteiger partial charge in [-0.3, -0.25) is 4.90 Å². The Hall–Kier alpha value is -1.06. The topological polar surface area (TPSA) is 24.5 Å². The van der Waals surface area contributed by atoms with E-state index in [1.807, 2.05) is 6.07 Å². The molecule has 106 valence electrons. The van der Waals surface area contributed by atoms with Gasteiger partial charge in [0.05, 0.1) is 7.11 Å². The highest BCUT2D eigenvalue weighted by molar-refractivity contribution is 5.38. The van der Waals surface area contributed by atoms with Gasteiger partial charge in [0.2, 0.25) is 0 Å². The second kappa shape index (κ2) is 5.93. The highest BCUT2D eigenvalue weighted by Crippen LogP contribution is 2.34. The van der Waals surface area contributed by atoms with E-state index in [4.69, 9.17) is 4.74 Å². The molecule has 19 heavy (non-hydrogen) atoms. The number of nitrogens with zero attached hydrogens (tertiary/aromatic N) is 1. The van der Waals surface area contributed by atoms with Crippen LogP contribution in [0.15, 0.2) is 24.3 Å². The minimum atomic E-state index is -0.00303. The Bertz CT molecular complexity index is 413. The molecule has 2 rings (SSSR count). The van der Waals surface area contributed by atoms with Gasteiger partial charge in [-0.15, -0.1) is 0 Å². The molecule has 0 saturated carbocycles. The maximum atomic E-state index is 5.53. The summed E-state index contributed by atoms with van der Waals surface area (Å²) in [6.07, 6.45) is 0. The molecule has 0 amide bonds. The van der Waals surface area contributed by atoms with Crippen LogP contribution in [-0.2, 0) is 5.54 Å². The molecule has 1 aliphatic rings. The lowest BCUT2D eigenvalue weighted by atomic mass is 9.89. The van der Waals surface area contributed by atoms with E-state index in [9.17, 15) is 0 Å². The zero-order chi connectivity index (χ0) is 13.9. The zero-order valence-electron chi connectivity index (χ0n) is 12.6. The summed E-state index contributed by atoms with van der Waals surface area (Å²) in [6, 6.07) is 8.36. The molecular formula is C16H26N2O. The lowest BCUT2D eigenvalue weighted by Gasteiger charge is -2.43. The SMILES string of the molecule is CCN(CC1CNC1)C(C)(C)c1ccccc1OC. The van der Waals surface area contributed by atoms with Crippen LogP contribution in [0.5, 0.6) is 5.75 Å². The van der Waals surface area contributed by atoms with Gasteiger partial charge in [-0.2, -0.15) is 0 Å². The quantitative estimate of drug-likeness (QED) is 0.852. The Morgan fingerprint density at radius 1 is 1.32 bits per heavy atom. The van der Waals surface area contributed by atoms with Gasteiger partial charge in [-0.25, -0.2) is 0 Å². The van der Waals surface area contributed by atoms with E-state index >= 15 is 0 Å². The van der Waals surface area contributed by atoms with Crippen LogP contribution in [0.4, 0.5) is 0 Å². The van der Waals surface area contributed by atoms with Crippen LogP contribution < -0.4 is 10.1 Å². The predicted molar refractivity (Wildman–Crippen MR) is 79.6 cm³/mol. The number of hydrogen-bond acceptors (Lipinski definition) is 3. The predicted octanol–water partition coefficient (Wildman–Crippen LogP) is 2.47. The number of ether oxygens (including phenoxy) is 1. The molecule has 1 heterocycles. The van der Waals surface area contributed by atoms with Gasteiger partial charge in [0, 0.05) is 30.7 Å². The van der Waals surface area contributed by atoms with Crippen molar-refractivity contribution in [3.8, 4) is 5.75 Å². The van der Waals surface area contributed by atoms with Crippen LogP contribution in [0.1, 0.15) is 26.3 Å². The molecule has 1 aromatic carbocycles. The summed E-state index contributed by atoms with van der Waals surface area (Å²) in [4.78, 5) is 2.55. The minimum absolute atomic E-state index is 0.00303. The Labute approximate surface area is 116 Å². The van der Waals surface area contributed by atoms with E-state index in [0.29, 0.717) is 0 Å². The molecule has 0 spiro atoms. The zero-order valence-corrected chi connectivity index (χ0v) is 12.6. The Kier molecular flexibility index (Phi) is 4.48. The summed E-state index contributed by atoms with van der Waals surface area (Å²) in [5.74, 6) is 1.77. The first-order valence-electron chi connectivity index (χ1n) is 7.18. The molecule has 0 atom stereocenters. The molecule has 0 aliphatic carbocycles. The Morgan fingerprint density at radius 2 is 2.00 bits per heavy atom. The third kappa shape index (κ3) is 2.93. The van der Waals surface area contributed by atoms with E-state index < -0.39 is 0 Å². The van der Waals surface area contributed by atoms with Crippen molar-refractivity contribution in [3.63, 3.8) is 0 Å². The highest BCUT2D eigenvalue weighted by Gasteiger charge is 2.32. The third-order valence-electron chi connectivity index (χ3n) is 4.28. The number of nitrogens with one attached hydrogen (secondary N) is 1. The van der Waals surface area contributed by atoms with Gasteiger partial charge in [-0.05, 0) is 32.4 Å². The average Bonchev–Trinajstić information content (AvgIpc) is 2.37. The minimum Gasteiger partial charge on any atom is -0.496 e. The summed E-state index contributed by atoms with van der Waals surface area (Å²) in [5, 5.41) is 3.35. The van der Waals surface area contributed by atoms with Crippen LogP contribution in [0.25, 0.3) is 0 Å². The molecule has 0 aromatic heterocycles. The Morgan fingerprint density at radius 3 is 2.53 bits per heavy atom. The van der Waals surface area contributed by atoms with Crippen molar-refractivity contribution in [3.05, 3.63) is 29.8 Å². The van der Waals surface area contributed by atoms with Gasteiger partial charge >= 0.3 is 0 Å². The van der Waals surface area contributed by atoms with Crippen LogP contribution >= 0.6 is 0 Å². The van der Waals surface area contributed by atoms with Gasteiger partial charge in [0.25, 0.3) is 0 Å². The molecule has 0 radical (unpaired) electrons. The first kappa shape index (κ1) is 14.4. The summed E-state index contributed by atoms with van der Waals surface area (Å²) < 4.78 is 5.53. The first-order chi connectivity index (χ1) is 9.09. The summed E-state index contributed by atoms with van der Waals surface area (Å²) in [6.45, 7) is 11.3. The molecule has 1 fully saturated rings. The fourth-order valence-corrected chi connectivity index (χ4v) is 2.86. The van der Waals surface area contributed by atoms with E-state index in [1.165, 1.54) is 5.56 Å². The van der Waals surface area contributed by atoms with Gasteiger partial charge in [0.15, 0.2) is 0 Å². The van der Waals surface area contributed by atoms with Gasteiger partial charge in [0.1, 0.15) is 5.75 Å². The molecule has 3 nitrogen and oxygen atoms in total. The molecule has 0 unspecified atom stereocenters. The first-order valence-corrected chi connectivity index (χ1v) is 7.18. The fourth-order valence-electron chi connectivity index (χ4n) is 2.86. The molecular weight excluding hydrogens is 236 g/mol. The number of para-hydroxylation sites is 1. The van der Waals surface area contributed by atoms with Crippen molar-refractivity contribution in [1.82, 2.24) is 10.2 Å². The van der Waals surface area contributed by atoms with Crippen molar-refractivity contribution >= 4 is 0 Å². The monoisotopic (exact) mass is 262 g/mol.